The first-order valence-corrected chi connectivity index (χ1v) is 9.70. The number of nitrogens with two attached hydrogens (primary N) is 1. The highest BCUT2D eigenvalue weighted by Crippen LogP contribution is 2.26. The molecule has 0 amide bonds. The lowest BCUT2D eigenvalue weighted by molar-refractivity contribution is 0.417. The molecule has 2 heterocycles. The number of aromatic nitrogens is 6. The van der Waals surface area contributed by atoms with Crippen molar-refractivity contribution in [1.82, 2.24) is 29.7 Å². The predicted octanol–water partition coefficient (Wildman–Crippen LogP) is 3.08. The Bertz CT molecular complexity index is 1100. The molecule has 0 atom stereocenters. The van der Waals surface area contributed by atoms with Gasteiger partial charge in [-0.05, 0) is 24.3 Å². The van der Waals surface area contributed by atoms with Crippen LogP contribution in [0, 0.1) is 0 Å². The summed E-state index contributed by atoms with van der Waals surface area (Å²) in [5.74, 6) is 2.14. The van der Waals surface area contributed by atoms with E-state index >= 15 is 0 Å². The van der Waals surface area contributed by atoms with Crippen LogP contribution in [-0.2, 0) is 5.75 Å². The van der Waals surface area contributed by atoms with Crippen molar-refractivity contribution >= 4 is 29.3 Å². The number of nitrogen functional groups attached to an aromatic ring is 1. The van der Waals surface area contributed by atoms with E-state index in [1.807, 2.05) is 54.6 Å². The van der Waals surface area contributed by atoms with Crippen LogP contribution in [-0.4, -0.2) is 36.8 Å². The second-order valence-electron chi connectivity index (χ2n) is 5.85. The smallest absolute Gasteiger partial charge is 0.232 e. The standard InChI is InChI=1S/C19H18N8OS/c1-28-15-10-6-5-9-14(15)22-18-24-16(23-17(20)25-18)11-29-19-21-12-27(26-19)13-7-3-2-4-8-13/h2-10,12H,11H2,1H3,(H3,20,22,23,24,25). The molecule has 10 heteroatoms. The molecule has 0 unspecified atom stereocenters. The molecule has 0 saturated carbocycles. The number of methoxy groups -OCH3 is 1. The first kappa shape index (κ1) is 18.7. The summed E-state index contributed by atoms with van der Waals surface area (Å²) in [7, 11) is 1.60. The molecule has 0 saturated heterocycles. The Morgan fingerprint density at radius 2 is 1.83 bits per heavy atom. The zero-order valence-corrected chi connectivity index (χ0v) is 16.4. The topological polar surface area (TPSA) is 117 Å². The number of benzene rings is 2. The molecule has 0 bridgehead atoms. The van der Waals surface area contributed by atoms with E-state index in [0.29, 0.717) is 28.4 Å². The van der Waals surface area contributed by atoms with Gasteiger partial charge < -0.3 is 15.8 Å². The summed E-state index contributed by atoms with van der Waals surface area (Å²) >= 11 is 1.42. The molecule has 9 nitrogen and oxygen atoms in total. The zero-order chi connectivity index (χ0) is 20.1. The Morgan fingerprint density at radius 3 is 2.66 bits per heavy atom. The average molecular weight is 406 g/mol. The minimum atomic E-state index is 0.135. The summed E-state index contributed by atoms with van der Waals surface area (Å²) in [6.45, 7) is 0. The molecule has 4 rings (SSSR count). The summed E-state index contributed by atoms with van der Waals surface area (Å²) in [5, 5.41) is 8.20. The Morgan fingerprint density at radius 1 is 1.03 bits per heavy atom. The van der Waals surface area contributed by atoms with Gasteiger partial charge in [-0.25, -0.2) is 9.67 Å². The molecular formula is C19H18N8OS. The second kappa shape index (κ2) is 8.57. The van der Waals surface area contributed by atoms with Crippen molar-refractivity contribution in [3.05, 3.63) is 66.7 Å². The molecule has 4 aromatic rings. The number of nitrogens with one attached hydrogen (secondary N) is 1. The van der Waals surface area contributed by atoms with Gasteiger partial charge >= 0.3 is 0 Å². The zero-order valence-electron chi connectivity index (χ0n) is 15.6. The third-order valence-electron chi connectivity index (χ3n) is 3.87. The van der Waals surface area contributed by atoms with Gasteiger partial charge in [0.1, 0.15) is 17.9 Å². The van der Waals surface area contributed by atoms with Crippen LogP contribution in [0.15, 0.2) is 66.1 Å². The van der Waals surface area contributed by atoms with Gasteiger partial charge in [0, 0.05) is 0 Å². The van der Waals surface area contributed by atoms with Crippen molar-refractivity contribution < 1.29 is 4.74 Å². The van der Waals surface area contributed by atoms with Gasteiger partial charge in [0.05, 0.1) is 24.2 Å². The fourth-order valence-electron chi connectivity index (χ4n) is 2.58. The van der Waals surface area contributed by atoms with Gasteiger partial charge in [0.2, 0.25) is 17.1 Å². The number of thioether (sulfide) groups is 1. The van der Waals surface area contributed by atoms with E-state index in [4.69, 9.17) is 10.5 Å². The van der Waals surface area contributed by atoms with Crippen molar-refractivity contribution in [1.29, 1.82) is 0 Å². The normalized spacial score (nSPS) is 10.7. The highest BCUT2D eigenvalue weighted by atomic mass is 32.2. The fraction of sp³-hybridized carbons (Fsp3) is 0.105. The van der Waals surface area contributed by atoms with E-state index in [1.54, 1.807) is 18.1 Å². The van der Waals surface area contributed by atoms with Crippen LogP contribution in [0.3, 0.4) is 0 Å². The molecule has 2 aromatic carbocycles. The van der Waals surface area contributed by atoms with Gasteiger partial charge in [-0.3, -0.25) is 0 Å². The Hall–Kier alpha value is -3.66. The van der Waals surface area contributed by atoms with Gasteiger partial charge in [0.25, 0.3) is 0 Å². The van der Waals surface area contributed by atoms with Crippen LogP contribution < -0.4 is 15.8 Å². The maximum atomic E-state index is 5.85. The number of hydrogen-bond donors (Lipinski definition) is 2. The summed E-state index contributed by atoms with van der Waals surface area (Å²) in [5.41, 5.74) is 7.54. The van der Waals surface area contributed by atoms with Crippen molar-refractivity contribution in [3.8, 4) is 11.4 Å². The van der Waals surface area contributed by atoms with Crippen LogP contribution in [0.25, 0.3) is 5.69 Å². The quantitative estimate of drug-likeness (QED) is 0.446. The minimum absolute atomic E-state index is 0.135. The van der Waals surface area contributed by atoms with Gasteiger partial charge in [-0.2, -0.15) is 15.0 Å². The van der Waals surface area contributed by atoms with Crippen LogP contribution in [0.1, 0.15) is 5.82 Å². The van der Waals surface area contributed by atoms with E-state index in [9.17, 15) is 0 Å². The lowest BCUT2D eigenvalue weighted by Crippen LogP contribution is -2.07. The molecule has 146 valence electrons. The van der Waals surface area contributed by atoms with Crippen LogP contribution >= 0.6 is 11.8 Å². The first-order chi connectivity index (χ1) is 14.2. The van der Waals surface area contributed by atoms with E-state index in [0.717, 1.165) is 11.4 Å². The molecule has 2 aromatic heterocycles. The Labute approximate surface area is 171 Å². The third kappa shape index (κ3) is 4.61. The molecule has 0 aliphatic carbocycles. The molecule has 0 fully saturated rings. The van der Waals surface area contributed by atoms with Crippen LogP contribution in [0.5, 0.6) is 5.75 Å². The van der Waals surface area contributed by atoms with E-state index < -0.39 is 0 Å². The fourth-order valence-corrected chi connectivity index (χ4v) is 3.23. The van der Waals surface area contributed by atoms with Crippen molar-refractivity contribution in [2.24, 2.45) is 0 Å². The molecule has 0 radical (unpaired) electrons. The third-order valence-corrected chi connectivity index (χ3v) is 4.72. The molecule has 0 aliphatic rings. The molecule has 3 N–H and O–H groups in total. The summed E-state index contributed by atoms with van der Waals surface area (Å²) in [6, 6.07) is 17.3. The number of para-hydroxylation sites is 3. The number of anilines is 3. The number of hydrogen-bond acceptors (Lipinski definition) is 9. The highest BCUT2D eigenvalue weighted by molar-refractivity contribution is 7.98. The SMILES string of the molecule is COc1ccccc1Nc1nc(N)nc(CSc2ncn(-c3ccccc3)n2)n1. The molecule has 29 heavy (non-hydrogen) atoms. The monoisotopic (exact) mass is 406 g/mol. The minimum Gasteiger partial charge on any atom is -0.495 e. The molecule has 0 aliphatic heterocycles. The Balaban J connectivity index is 1.46. The highest BCUT2D eigenvalue weighted by Gasteiger charge is 2.10. The Kier molecular flexibility index (Phi) is 5.52. The number of rotatable bonds is 7. The summed E-state index contributed by atoms with van der Waals surface area (Å²) in [4.78, 5) is 17.1. The first-order valence-electron chi connectivity index (χ1n) is 8.71. The van der Waals surface area contributed by atoms with Gasteiger partial charge in [-0.1, -0.05) is 42.1 Å². The largest absolute Gasteiger partial charge is 0.495 e. The lowest BCUT2D eigenvalue weighted by Gasteiger charge is -2.10. The number of ether oxygens (including phenoxy) is 1. The van der Waals surface area contributed by atoms with Crippen LogP contribution in [0.4, 0.5) is 17.6 Å². The van der Waals surface area contributed by atoms with Gasteiger partial charge in [0.15, 0.2) is 0 Å². The molecular weight excluding hydrogens is 388 g/mol. The van der Waals surface area contributed by atoms with Crippen LogP contribution in [0.2, 0.25) is 0 Å². The predicted molar refractivity (Wildman–Crippen MR) is 111 cm³/mol. The van der Waals surface area contributed by atoms with Crippen molar-refractivity contribution in [2.45, 2.75) is 10.9 Å². The van der Waals surface area contributed by atoms with Crippen molar-refractivity contribution in [2.75, 3.05) is 18.2 Å². The summed E-state index contributed by atoms with van der Waals surface area (Å²) < 4.78 is 7.06. The van der Waals surface area contributed by atoms with E-state index in [2.05, 4.69) is 30.4 Å². The van der Waals surface area contributed by atoms with E-state index in [-0.39, 0.29) is 5.95 Å². The second-order valence-corrected chi connectivity index (χ2v) is 6.80. The summed E-state index contributed by atoms with van der Waals surface area (Å²) in [6.07, 6.45) is 1.67. The average Bonchev–Trinajstić information content (AvgIpc) is 3.22. The van der Waals surface area contributed by atoms with Crippen molar-refractivity contribution in [3.63, 3.8) is 0 Å². The number of nitrogens with zero attached hydrogens (tertiary/aromatic N) is 6. The molecule has 0 spiro atoms. The van der Waals surface area contributed by atoms with Gasteiger partial charge in [-0.15, -0.1) is 5.10 Å². The maximum absolute atomic E-state index is 5.85. The maximum Gasteiger partial charge on any atom is 0.232 e. The van der Waals surface area contributed by atoms with E-state index in [1.165, 1.54) is 11.8 Å². The lowest BCUT2D eigenvalue weighted by atomic mass is 10.3.